The Morgan fingerprint density at radius 3 is 2.56 bits per heavy atom. The molecule has 0 fully saturated rings. The van der Waals surface area contributed by atoms with Crippen molar-refractivity contribution < 1.29 is 14.0 Å². The molecule has 2 N–H and O–H groups in total. The predicted octanol–water partition coefficient (Wildman–Crippen LogP) is 2.76. The lowest BCUT2D eigenvalue weighted by Gasteiger charge is -2.12. The van der Waals surface area contributed by atoms with Gasteiger partial charge in [-0.15, -0.1) is 0 Å². The standard InChI is InChI=1S/C18H18N4O3/c1-12(13-7-4-3-5-8-13)19-17(23)14-11-16(22(2)21-14)20-18(24)15-9-6-10-25-15/h3-12H,1-2H3,(H,19,23)(H,20,24)/t12-/m0/s1. The Hall–Kier alpha value is -3.35. The minimum absolute atomic E-state index is 0.156. The van der Waals surface area contributed by atoms with Crippen LogP contribution in [0.2, 0.25) is 0 Å². The van der Waals surface area contributed by atoms with Crippen molar-refractivity contribution in [2.75, 3.05) is 5.32 Å². The van der Waals surface area contributed by atoms with Crippen LogP contribution in [-0.4, -0.2) is 21.6 Å². The average molecular weight is 338 g/mol. The number of nitrogens with zero attached hydrogens (tertiary/aromatic N) is 2. The maximum absolute atomic E-state index is 12.4. The Bertz CT molecular complexity index is 869. The number of furan rings is 1. The van der Waals surface area contributed by atoms with Crippen LogP contribution in [0.1, 0.15) is 39.6 Å². The van der Waals surface area contributed by atoms with Crippen molar-refractivity contribution in [1.82, 2.24) is 15.1 Å². The first kappa shape index (κ1) is 16.5. The minimum Gasteiger partial charge on any atom is -0.459 e. The molecule has 0 aliphatic heterocycles. The van der Waals surface area contributed by atoms with Crippen LogP contribution in [0.25, 0.3) is 0 Å². The number of carbonyl (C=O) groups excluding carboxylic acids is 2. The summed E-state index contributed by atoms with van der Waals surface area (Å²) in [7, 11) is 1.65. The zero-order chi connectivity index (χ0) is 17.8. The molecule has 0 aliphatic carbocycles. The van der Waals surface area contributed by atoms with E-state index < -0.39 is 5.91 Å². The second-order valence-corrected chi connectivity index (χ2v) is 5.58. The number of nitrogens with one attached hydrogen (secondary N) is 2. The molecule has 25 heavy (non-hydrogen) atoms. The Balaban J connectivity index is 1.69. The normalized spacial score (nSPS) is 11.8. The lowest BCUT2D eigenvalue weighted by molar-refractivity contribution is 0.0933. The van der Waals surface area contributed by atoms with E-state index in [1.54, 1.807) is 19.2 Å². The highest BCUT2D eigenvalue weighted by atomic mass is 16.3. The number of benzene rings is 1. The van der Waals surface area contributed by atoms with Gasteiger partial charge in [0.15, 0.2) is 11.5 Å². The van der Waals surface area contributed by atoms with Crippen molar-refractivity contribution in [1.29, 1.82) is 0 Å². The van der Waals surface area contributed by atoms with Crippen molar-refractivity contribution in [3.8, 4) is 0 Å². The second kappa shape index (κ2) is 7.04. The van der Waals surface area contributed by atoms with E-state index in [1.165, 1.54) is 17.0 Å². The van der Waals surface area contributed by atoms with Crippen LogP contribution < -0.4 is 10.6 Å². The lowest BCUT2D eigenvalue weighted by atomic mass is 10.1. The van der Waals surface area contributed by atoms with E-state index in [1.807, 2.05) is 37.3 Å². The monoisotopic (exact) mass is 338 g/mol. The summed E-state index contributed by atoms with van der Waals surface area (Å²) < 4.78 is 6.48. The molecule has 1 atom stereocenters. The number of hydrogen-bond acceptors (Lipinski definition) is 4. The van der Waals surface area contributed by atoms with E-state index in [2.05, 4.69) is 15.7 Å². The molecule has 2 amide bonds. The number of carbonyl (C=O) groups is 2. The number of aryl methyl sites for hydroxylation is 1. The fraction of sp³-hybridized carbons (Fsp3) is 0.167. The van der Waals surface area contributed by atoms with Crippen LogP contribution in [0, 0.1) is 0 Å². The zero-order valence-corrected chi connectivity index (χ0v) is 13.9. The molecule has 2 aromatic heterocycles. The number of hydrogen-bond donors (Lipinski definition) is 2. The maximum Gasteiger partial charge on any atom is 0.292 e. The number of amides is 2. The van der Waals surface area contributed by atoms with Gasteiger partial charge in [0.1, 0.15) is 5.82 Å². The van der Waals surface area contributed by atoms with Crippen molar-refractivity contribution in [2.45, 2.75) is 13.0 Å². The average Bonchev–Trinajstić information content (AvgIpc) is 3.26. The minimum atomic E-state index is -0.405. The quantitative estimate of drug-likeness (QED) is 0.748. The van der Waals surface area contributed by atoms with Crippen LogP contribution in [0.5, 0.6) is 0 Å². The molecular weight excluding hydrogens is 320 g/mol. The Kier molecular flexibility index (Phi) is 4.65. The third kappa shape index (κ3) is 3.77. The summed E-state index contributed by atoms with van der Waals surface area (Å²) in [5.41, 5.74) is 1.22. The summed E-state index contributed by atoms with van der Waals surface area (Å²) in [6, 6.07) is 14.2. The first-order valence-corrected chi connectivity index (χ1v) is 7.79. The van der Waals surface area contributed by atoms with Gasteiger partial charge >= 0.3 is 0 Å². The summed E-state index contributed by atoms with van der Waals surface area (Å²) in [4.78, 5) is 24.4. The fourth-order valence-electron chi connectivity index (χ4n) is 2.38. The van der Waals surface area contributed by atoms with E-state index in [4.69, 9.17) is 4.42 Å². The van der Waals surface area contributed by atoms with Crippen molar-refractivity contribution in [2.24, 2.45) is 7.05 Å². The Labute approximate surface area is 144 Å². The lowest BCUT2D eigenvalue weighted by Crippen LogP contribution is -2.27. The van der Waals surface area contributed by atoms with Crippen LogP contribution in [0.4, 0.5) is 5.82 Å². The van der Waals surface area contributed by atoms with Gasteiger partial charge in [0.2, 0.25) is 0 Å². The number of anilines is 1. The molecule has 0 spiro atoms. The van der Waals surface area contributed by atoms with Crippen LogP contribution in [0.15, 0.2) is 59.2 Å². The summed E-state index contributed by atoms with van der Waals surface area (Å²) in [5, 5.41) is 9.70. The SMILES string of the molecule is C[C@H](NC(=O)c1cc(NC(=O)c2ccco2)n(C)n1)c1ccccc1. The molecule has 3 rings (SSSR count). The van der Waals surface area contributed by atoms with E-state index in [0.29, 0.717) is 5.82 Å². The van der Waals surface area contributed by atoms with Gasteiger partial charge in [0, 0.05) is 13.1 Å². The van der Waals surface area contributed by atoms with Crippen LogP contribution in [-0.2, 0) is 7.05 Å². The fourth-order valence-corrected chi connectivity index (χ4v) is 2.38. The van der Waals surface area contributed by atoms with E-state index in [9.17, 15) is 9.59 Å². The molecule has 0 radical (unpaired) electrons. The molecule has 0 unspecified atom stereocenters. The third-order valence-electron chi connectivity index (χ3n) is 3.75. The largest absolute Gasteiger partial charge is 0.459 e. The summed E-state index contributed by atoms with van der Waals surface area (Å²) >= 11 is 0. The molecule has 128 valence electrons. The molecule has 0 aliphatic rings. The molecule has 7 heteroatoms. The molecule has 0 saturated carbocycles. The number of rotatable bonds is 5. The van der Waals surface area contributed by atoms with Crippen molar-refractivity contribution in [3.05, 3.63) is 71.8 Å². The smallest absolute Gasteiger partial charge is 0.292 e. The van der Waals surface area contributed by atoms with Gasteiger partial charge in [-0.25, -0.2) is 0 Å². The highest BCUT2D eigenvalue weighted by molar-refractivity contribution is 6.02. The Morgan fingerprint density at radius 2 is 1.88 bits per heavy atom. The third-order valence-corrected chi connectivity index (χ3v) is 3.75. The summed E-state index contributed by atoms with van der Waals surface area (Å²) in [6.07, 6.45) is 1.42. The van der Waals surface area contributed by atoms with Crippen molar-refractivity contribution in [3.63, 3.8) is 0 Å². The molecule has 1 aromatic carbocycles. The molecular formula is C18H18N4O3. The first-order valence-electron chi connectivity index (χ1n) is 7.79. The molecule has 3 aromatic rings. The Morgan fingerprint density at radius 1 is 1.12 bits per heavy atom. The van der Waals surface area contributed by atoms with Gasteiger partial charge in [0.05, 0.1) is 12.3 Å². The molecule has 2 heterocycles. The van der Waals surface area contributed by atoms with Gasteiger partial charge in [-0.2, -0.15) is 5.10 Å². The van der Waals surface area contributed by atoms with Crippen molar-refractivity contribution >= 4 is 17.6 Å². The predicted molar refractivity (Wildman–Crippen MR) is 92.2 cm³/mol. The summed E-state index contributed by atoms with van der Waals surface area (Å²) in [6.45, 7) is 1.90. The van der Waals surface area contributed by atoms with Gasteiger partial charge in [-0.3, -0.25) is 14.3 Å². The highest BCUT2D eigenvalue weighted by Gasteiger charge is 2.18. The summed E-state index contributed by atoms with van der Waals surface area (Å²) in [5.74, 6) is -0.133. The second-order valence-electron chi connectivity index (χ2n) is 5.58. The first-order chi connectivity index (χ1) is 12.0. The van der Waals surface area contributed by atoms with Gasteiger partial charge in [0.25, 0.3) is 11.8 Å². The van der Waals surface area contributed by atoms with E-state index >= 15 is 0 Å². The maximum atomic E-state index is 12.4. The van der Waals surface area contributed by atoms with Gasteiger partial charge < -0.3 is 15.1 Å². The zero-order valence-electron chi connectivity index (χ0n) is 13.9. The van der Waals surface area contributed by atoms with Gasteiger partial charge in [-0.1, -0.05) is 30.3 Å². The number of aromatic nitrogens is 2. The van der Waals surface area contributed by atoms with E-state index in [-0.39, 0.29) is 23.4 Å². The molecule has 0 bridgehead atoms. The topological polar surface area (TPSA) is 89.2 Å². The molecule has 0 saturated heterocycles. The van der Waals surface area contributed by atoms with Crippen LogP contribution in [0.3, 0.4) is 0 Å². The highest BCUT2D eigenvalue weighted by Crippen LogP contribution is 2.15. The van der Waals surface area contributed by atoms with Gasteiger partial charge in [-0.05, 0) is 24.6 Å². The molecule has 7 nitrogen and oxygen atoms in total. The van der Waals surface area contributed by atoms with Crippen LogP contribution >= 0.6 is 0 Å². The van der Waals surface area contributed by atoms with E-state index in [0.717, 1.165) is 5.56 Å².